The molecule has 0 bridgehead atoms. The average Bonchev–Trinajstić information content (AvgIpc) is 3.32. The van der Waals surface area contributed by atoms with E-state index >= 15 is 0 Å². The molecule has 0 aromatic heterocycles. The van der Waals surface area contributed by atoms with Gasteiger partial charge in [0.1, 0.15) is 0 Å². The van der Waals surface area contributed by atoms with E-state index in [4.69, 9.17) is 0 Å². The van der Waals surface area contributed by atoms with E-state index in [1.165, 1.54) is 90.4 Å². The van der Waals surface area contributed by atoms with Crippen molar-refractivity contribution in [2.75, 3.05) is 17.6 Å². The highest BCUT2D eigenvalue weighted by Gasteiger charge is 2.30. The lowest BCUT2D eigenvalue weighted by atomic mass is 10.0. The molecule has 1 aliphatic heterocycles. The minimum atomic E-state index is -0.161. The fourth-order valence-corrected chi connectivity index (χ4v) is 5.68. The van der Waals surface area contributed by atoms with Gasteiger partial charge in [-0.15, -0.1) is 11.8 Å². The molecule has 1 fully saturated rings. The maximum atomic E-state index is 12.5. The van der Waals surface area contributed by atoms with Gasteiger partial charge in [0, 0.05) is 24.9 Å². The molecule has 3 N–H and O–H groups in total. The van der Waals surface area contributed by atoms with Crippen molar-refractivity contribution >= 4 is 29.3 Å². The number of rotatable bonds is 18. The standard InChI is InChI=1S/C28H47N3O2S/c1-3-4-5-6-7-8-9-10-11-12-13-14-15-16-20-29-27(33)26-22-34-28(31-26)24-18-17-19-25(21-24)30-23(2)32/h17-19,21,26,28,31H,3-16,20,22H2,1-2H3,(H,29,33)(H,30,32)/t26-,28?/m0/s1. The van der Waals surface area contributed by atoms with Gasteiger partial charge in [-0.05, 0) is 24.1 Å². The Hall–Kier alpha value is -1.53. The number of unbranched alkanes of at least 4 members (excludes halogenated alkanes) is 13. The average molecular weight is 490 g/mol. The van der Waals surface area contributed by atoms with Crippen LogP contribution in [0.25, 0.3) is 0 Å². The summed E-state index contributed by atoms with van der Waals surface area (Å²) in [6, 6.07) is 7.66. The van der Waals surface area contributed by atoms with Crippen LogP contribution in [0.3, 0.4) is 0 Å². The normalized spacial score (nSPS) is 17.6. The van der Waals surface area contributed by atoms with Crippen LogP contribution in [0.1, 0.15) is 115 Å². The summed E-state index contributed by atoms with van der Waals surface area (Å²) in [5.74, 6) is 0.784. The van der Waals surface area contributed by atoms with Gasteiger partial charge < -0.3 is 10.6 Å². The van der Waals surface area contributed by atoms with E-state index in [9.17, 15) is 9.59 Å². The Labute approximate surface area is 212 Å². The second-order valence-corrected chi connectivity index (χ2v) is 10.8. The van der Waals surface area contributed by atoms with Crippen molar-refractivity contribution in [3.63, 3.8) is 0 Å². The molecule has 1 heterocycles. The molecule has 0 spiro atoms. The second kappa shape index (κ2) is 17.8. The quantitative estimate of drug-likeness (QED) is 0.195. The molecule has 1 aromatic rings. The lowest BCUT2D eigenvalue weighted by molar-refractivity contribution is -0.122. The van der Waals surface area contributed by atoms with Gasteiger partial charge in [0.2, 0.25) is 11.8 Å². The van der Waals surface area contributed by atoms with Crippen LogP contribution in [0.15, 0.2) is 24.3 Å². The highest BCUT2D eigenvalue weighted by Crippen LogP contribution is 2.33. The van der Waals surface area contributed by atoms with E-state index in [1.54, 1.807) is 11.8 Å². The van der Waals surface area contributed by atoms with Gasteiger partial charge in [0.05, 0.1) is 11.4 Å². The molecule has 2 atom stereocenters. The first-order valence-corrected chi connectivity index (χ1v) is 14.7. The van der Waals surface area contributed by atoms with Crippen LogP contribution in [0.2, 0.25) is 0 Å². The van der Waals surface area contributed by atoms with Crippen LogP contribution < -0.4 is 16.0 Å². The minimum Gasteiger partial charge on any atom is -0.355 e. The number of nitrogens with one attached hydrogen (secondary N) is 3. The number of anilines is 1. The molecule has 1 aromatic carbocycles. The molecule has 6 heteroatoms. The molecule has 0 aliphatic carbocycles. The molecule has 2 amide bonds. The van der Waals surface area contributed by atoms with Gasteiger partial charge in [0.25, 0.3) is 0 Å². The third kappa shape index (κ3) is 12.3. The van der Waals surface area contributed by atoms with Crippen LogP contribution in [0.4, 0.5) is 5.69 Å². The highest BCUT2D eigenvalue weighted by atomic mass is 32.2. The third-order valence-electron chi connectivity index (χ3n) is 6.44. The second-order valence-electron chi connectivity index (χ2n) is 9.63. The van der Waals surface area contributed by atoms with E-state index in [0.717, 1.165) is 30.0 Å². The highest BCUT2D eigenvalue weighted by molar-refractivity contribution is 7.99. The Morgan fingerprint density at radius 3 is 2.09 bits per heavy atom. The first kappa shape index (κ1) is 28.7. The monoisotopic (exact) mass is 489 g/mol. The molecular weight excluding hydrogens is 442 g/mol. The summed E-state index contributed by atoms with van der Waals surface area (Å²) >= 11 is 1.74. The van der Waals surface area contributed by atoms with Gasteiger partial charge in [-0.25, -0.2) is 0 Å². The number of hydrogen-bond acceptors (Lipinski definition) is 4. The Morgan fingerprint density at radius 1 is 0.912 bits per heavy atom. The molecule has 34 heavy (non-hydrogen) atoms. The maximum Gasteiger partial charge on any atom is 0.238 e. The lowest BCUT2D eigenvalue weighted by Crippen LogP contribution is -2.42. The van der Waals surface area contributed by atoms with Crippen molar-refractivity contribution in [1.82, 2.24) is 10.6 Å². The zero-order valence-corrected chi connectivity index (χ0v) is 22.3. The van der Waals surface area contributed by atoms with Gasteiger partial charge >= 0.3 is 0 Å². The summed E-state index contributed by atoms with van der Waals surface area (Å²) in [5.41, 5.74) is 1.87. The molecule has 1 unspecified atom stereocenters. The number of carbonyl (C=O) groups excluding carboxylic acids is 2. The SMILES string of the molecule is CCCCCCCCCCCCCCCCNC(=O)[C@@H]1CSC(c2cccc(NC(C)=O)c2)N1. The van der Waals surface area contributed by atoms with E-state index in [0.29, 0.717) is 0 Å². The number of thioether (sulfide) groups is 1. The van der Waals surface area contributed by atoms with Crippen LogP contribution in [-0.2, 0) is 9.59 Å². The van der Waals surface area contributed by atoms with Crippen molar-refractivity contribution < 1.29 is 9.59 Å². The summed E-state index contributed by atoms with van der Waals surface area (Å²) in [5, 5.41) is 9.43. The molecule has 192 valence electrons. The Bertz CT molecular complexity index is 713. The molecule has 2 rings (SSSR count). The van der Waals surface area contributed by atoms with Gasteiger partial charge in [-0.2, -0.15) is 0 Å². The van der Waals surface area contributed by atoms with Crippen LogP contribution in [-0.4, -0.2) is 30.2 Å². The molecule has 5 nitrogen and oxygen atoms in total. The number of hydrogen-bond donors (Lipinski definition) is 3. The number of benzene rings is 1. The molecular formula is C28H47N3O2S. The summed E-state index contributed by atoms with van der Waals surface area (Å²) in [6.45, 7) is 4.55. The third-order valence-corrected chi connectivity index (χ3v) is 7.71. The van der Waals surface area contributed by atoms with Gasteiger partial charge in [0.15, 0.2) is 0 Å². The van der Waals surface area contributed by atoms with Crippen LogP contribution in [0, 0.1) is 0 Å². The van der Waals surface area contributed by atoms with E-state index in [-0.39, 0.29) is 23.2 Å². The Kier molecular flexibility index (Phi) is 15.1. The summed E-state index contributed by atoms with van der Waals surface area (Å²) in [4.78, 5) is 23.8. The largest absolute Gasteiger partial charge is 0.355 e. The van der Waals surface area contributed by atoms with Crippen molar-refractivity contribution in [1.29, 1.82) is 0 Å². The summed E-state index contributed by atoms with van der Waals surface area (Å²) in [7, 11) is 0. The zero-order chi connectivity index (χ0) is 24.4. The van der Waals surface area contributed by atoms with Crippen LogP contribution >= 0.6 is 11.8 Å². The smallest absolute Gasteiger partial charge is 0.238 e. The lowest BCUT2D eigenvalue weighted by Gasteiger charge is -2.15. The first-order chi connectivity index (χ1) is 16.6. The zero-order valence-electron chi connectivity index (χ0n) is 21.5. The minimum absolute atomic E-state index is 0.0746. The van der Waals surface area contributed by atoms with Crippen molar-refractivity contribution in [3.05, 3.63) is 29.8 Å². The fourth-order valence-electron chi connectivity index (χ4n) is 4.45. The number of carbonyl (C=O) groups is 2. The molecule has 1 aliphatic rings. The van der Waals surface area contributed by atoms with Crippen molar-refractivity contribution in [3.8, 4) is 0 Å². The number of amides is 2. The Morgan fingerprint density at radius 2 is 1.50 bits per heavy atom. The summed E-state index contributed by atoms with van der Waals surface area (Å²) < 4.78 is 0. The van der Waals surface area contributed by atoms with Crippen molar-refractivity contribution in [2.45, 2.75) is 115 Å². The molecule has 0 radical (unpaired) electrons. The predicted molar refractivity (Wildman–Crippen MR) is 146 cm³/mol. The van der Waals surface area contributed by atoms with E-state index in [1.807, 2.05) is 24.3 Å². The molecule has 1 saturated heterocycles. The summed E-state index contributed by atoms with van der Waals surface area (Å²) in [6.07, 6.45) is 18.8. The van der Waals surface area contributed by atoms with Gasteiger partial charge in [-0.3, -0.25) is 14.9 Å². The van der Waals surface area contributed by atoms with E-state index < -0.39 is 0 Å². The predicted octanol–water partition coefficient (Wildman–Crippen LogP) is 6.95. The van der Waals surface area contributed by atoms with Crippen molar-refractivity contribution in [2.24, 2.45) is 0 Å². The van der Waals surface area contributed by atoms with Crippen LogP contribution in [0.5, 0.6) is 0 Å². The van der Waals surface area contributed by atoms with Gasteiger partial charge in [-0.1, -0.05) is 103 Å². The topological polar surface area (TPSA) is 70.2 Å². The first-order valence-electron chi connectivity index (χ1n) is 13.6. The molecule has 0 saturated carbocycles. The maximum absolute atomic E-state index is 12.5. The Balaban J connectivity index is 1.45. The fraction of sp³-hybridized carbons (Fsp3) is 0.714. The van der Waals surface area contributed by atoms with E-state index in [2.05, 4.69) is 22.9 Å².